The summed E-state index contributed by atoms with van der Waals surface area (Å²) in [6.45, 7) is 4.70. The number of oxazole rings is 1. The van der Waals surface area contributed by atoms with Crippen LogP contribution < -0.4 is 11.1 Å². The zero-order chi connectivity index (χ0) is 14.3. The van der Waals surface area contributed by atoms with Gasteiger partial charge in [0.15, 0.2) is 5.58 Å². The number of H-pyrrole nitrogens is 1. The lowest BCUT2D eigenvalue weighted by Gasteiger charge is -2.34. The van der Waals surface area contributed by atoms with Crippen molar-refractivity contribution in [2.24, 2.45) is 11.3 Å². The molecule has 1 aromatic heterocycles. The summed E-state index contributed by atoms with van der Waals surface area (Å²) >= 11 is 0. The zero-order valence-corrected chi connectivity index (χ0v) is 12.3. The van der Waals surface area contributed by atoms with Crippen molar-refractivity contribution in [3.8, 4) is 0 Å². The lowest BCUT2D eigenvalue weighted by atomic mass is 9.75. The summed E-state index contributed by atoms with van der Waals surface area (Å²) in [6.07, 6.45) is 3.81. The Morgan fingerprint density at radius 2 is 2.25 bits per heavy atom. The summed E-state index contributed by atoms with van der Waals surface area (Å²) in [5.41, 5.74) is 2.95. The van der Waals surface area contributed by atoms with E-state index in [1.54, 1.807) is 0 Å². The third-order valence-electron chi connectivity index (χ3n) is 4.86. The Kier molecular flexibility index (Phi) is 3.21. The van der Waals surface area contributed by atoms with Gasteiger partial charge in [0.1, 0.15) is 0 Å². The standard InChI is InChI=1S/C16H22N2O2/c1-16(2)8-4-5-11(16)14(17-3)10-6-7-12-13(9-10)20-15(19)18-12/h6-7,9,11,14,17H,4-5,8H2,1-3H3,(H,18,19). The molecule has 1 saturated carbocycles. The second kappa shape index (κ2) is 4.77. The molecule has 1 aliphatic carbocycles. The van der Waals surface area contributed by atoms with Crippen molar-refractivity contribution < 1.29 is 4.42 Å². The van der Waals surface area contributed by atoms with E-state index in [2.05, 4.69) is 30.2 Å². The highest BCUT2D eigenvalue weighted by Gasteiger charge is 2.39. The molecule has 1 aromatic carbocycles. The maximum Gasteiger partial charge on any atom is 0.417 e. The van der Waals surface area contributed by atoms with Gasteiger partial charge in [-0.25, -0.2) is 4.79 Å². The number of fused-ring (bicyclic) bond motifs is 1. The molecule has 2 unspecified atom stereocenters. The van der Waals surface area contributed by atoms with Crippen molar-refractivity contribution in [2.75, 3.05) is 7.05 Å². The fraction of sp³-hybridized carbons (Fsp3) is 0.562. The molecule has 20 heavy (non-hydrogen) atoms. The summed E-state index contributed by atoms with van der Waals surface area (Å²) in [5, 5.41) is 3.46. The molecule has 0 bridgehead atoms. The minimum atomic E-state index is -0.389. The molecule has 0 spiro atoms. The van der Waals surface area contributed by atoms with Gasteiger partial charge in [0, 0.05) is 6.04 Å². The number of nitrogens with one attached hydrogen (secondary N) is 2. The lowest BCUT2D eigenvalue weighted by molar-refractivity contribution is 0.203. The van der Waals surface area contributed by atoms with Crippen LogP contribution in [0.25, 0.3) is 11.1 Å². The van der Waals surface area contributed by atoms with Gasteiger partial charge >= 0.3 is 5.76 Å². The minimum Gasteiger partial charge on any atom is -0.408 e. The van der Waals surface area contributed by atoms with E-state index in [-0.39, 0.29) is 5.76 Å². The van der Waals surface area contributed by atoms with Crippen molar-refractivity contribution in [1.29, 1.82) is 0 Å². The molecule has 4 heteroatoms. The first kappa shape index (κ1) is 13.4. The fourth-order valence-corrected chi connectivity index (χ4v) is 3.73. The highest BCUT2D eigenvalue weighted by atomic mass is 16.4. The number of hydrogen-bond donors (Lipinski definition) is 2. The first-order chi connectivity index (χ1) is 9.51. The molecule has 2 atom stereocenters. The van der Waals surface area contributed by atoms with Gasteiger partial charge < -0.3 is 9.73 Å². The van der Waals surface area contributed by atoms with Crippen LogP contribution in [0.1, 0.15) is 44.7 Å². The minimum absolute atomic E-state index is 0.303. The van der Waals surface area contributed by atoms with E-state index in [1.807, 2.05) is 19.2 Å². The molecule has 1 fully saturated rings. The SMILES string of the molecule is CNC(c1ccc2[nH]c(=O)oc2c1)C1CCCC1(C)C. The van der Waals surface area contributed by atoms with E-state index in [0.717, 1.165) is 5.52 Å². The van der Waals surface area contributed by atoms with Crippen LogP contribution in [0.4, 0.5) is 0 Å². The van der Waals surface area contributed by atoms with Crippen LogP contribution in [0.5, 0.6) is 0 Å². The van der Waals surface area contributed by atoms with Crippen molar-refractivity contribution in [1.82, 2.24) is 10.3 Å². The van der Waals surface area contributed by atoms with Gasteiger partial charge in [0.05, 0.1) is 5.52 Å². The Hall–Kier alpha value is -1.55. The van der Waals surface area contributed by atoms with Crippen LogP contribution in [0.2, 0.25) is 0 Å². The molecular weight excluding hydrogens is 252 g/mol. The molecule has 4 nitrogen and oxygen atoms in total. The highest BCUT2D eigenvalue weighted by Crippen LogP contribution is 2.48. The predicted octanol–water partition coefficient (Wildman–Crippen LogP) is 3.21. The van der Waals surface area contributed by atoms with Gasteiger partial charge in [-0.2, -0.15) is 0 Å². The van der Waals surface area contributed by atoms with Crippen LogP contribution >= 0.6 is 0 Å². The molecule has 3 rings (SSSR count). The Morgan fingerprint density at radius 1 is 1.45 bits per heavy atom. The molecule has 1 heterocycles. The summed E-state index contributed by atoms with van der Waals surface area (Å²) in [6, 6.07) is 6.31. The smallest absolute Gasteiger partial charge is 0.408 e. The van der Waals surface area contributed by atoms with E-state index in [0.29, 0.717) is 23.0 Å². The fourth-order valence-electron chi connectivity index (χ4n) is 3.73. The summed E-state index contributed by atoms with van der Waals surface area (Å²) in [4.78, 5) is 13.9. The molecule has 2 N–H and O–H groups in total. The van der Waals surface area contributed by atoms with Crippen LogP contribution in [-0.2, 0) is 0 Å². The summed E-state index contributed by atoms with van der Waals surface area (Å²) in [5.74, 6) is 0.218. The van der Waals surface area contributed by atoms with E-state index in [9.17, 15) is 4.79 Å². The number of benzene rings is 1. The molecule has 0 amide bonds. The number of aromatic amines is 1. The van der Waals surface area contributed by atoms with E-state index < -0.39 is 0 Å². The second-order valence-corrected chi connectivity index (χ2v) is 6.52. The van der Waals surface area contributed by atoms with Crippen LogP contribution in [-0.4, -0.2) is 12.0 Å². The van der Waals surface area contributed by atoms with Gasteiger partial charge in [-0.3, -0.25) is 4.98 Å². The number of rotatable bonds is 3. The monoisotopic (exact) mass is 274 g/mol. The van der Waals surface area contributed by atoms with Crippen LogP contribution in [0, 0.1) is 11.3 Å². The Morgan fingerprint density at radius 3 is 2.90 bits per heavy atom. The third kappa shape index (κ3) is 2.18. The lowest BCUT2D eigenvalue weighted by Crippen LogP contribution is -2.31. The molecule has 0 aliphatic heterocycles. The molecule has 1 aliphatic rings. The van der Waals surface area contributed by atoms with Gasteiger partial charge in [-0.1, -0.05) is 26.3 Å². The quantitative estimate of drug-likeness (QED) is 0.903. The van der Waals surface area contributed by atoms with Crippen LogP contribution in [0.15, 0.2) is 27.4 Å². The Labute approximate surface area is 118 Å². The normalized spacial score (nSPS) is 23.2. The molecule has 2 aromatic rings. The summed E-state index contributed by atoms with van der Waals surface area (Å²) < 4.78 is 5.18. The van der Waals surface area contributed by atoms with Crippen molar-refractivity contribution in [2.45, 2.75) is 39.2 Å². The Bertz CT molecular complexity index is 668. The predicted molar refractivity (Wildman–Crippen MR) is 79.8 cm³/mol. The topological polar surface area (TPSA) is 58.0 Å². The molecule has 0 saturated heterocycles. The maximum absolute atomic E-state index is 11.3. The first-order valence-electron chi connectivity index (χ1n) is 7.31. The van der Waals surface area contributed by atoms with Crippen molar-refractivity contribution in [3.63, 3.8) is 0 Å². The highest BCUT2D eigenvalue weighted by molar-refractivity contribution is 5.72. The van der Waals surface area contributed by atoms with Gasteiger partial charge in [0.2, 0.25) is 0 Å². The van der Waals surface area contributed by atoms with Crippen LogP contribution in [0.3, 0.4) is 0 Å². The maximum atomic E-state index is 11.3. The number of hydrogen-bond acceptors (Lipinski definition) is 3. The zero-order valence-electron chi connectivity index (χ0n) is 12.3. The van der Waals surface area contributed by atoms with E-state index in [1.165, 1.54) is 24.8 Å². The molecule has 0 radical (unpaired) electrons. The largest absolute Gasteiger partial charge is 0.417 e. The van der Waals surface area contributed by atoms with Gasteiger partial charge in [-0.15, -0.1) is 0 Å². The second-order valence-electron chi connectivity index (χ2n) is 6.52. The Balaban J connectivity index is 2.00. The first-order valence-corrected chi connectivity index (χ1v) is 7.31. The van der Waals surface area contributed by atoms with E-state index >= 15 is 0 Å². The van der Waals surface area contributed by atoms with Crippen molar-refractivity contribution in [3.05, 3.63) is 34.3 Å². The number of aromatic nitrogens is 1. The average molecular weight is 274 g/mol. The molecule has 108 valence electrons. The van der Waals surface area contributed by atoms with Gasteiger partial charge in [-0.05, 0) is 48.9 Å². The van der Waals surface area contributed by atoms with Gasteiger partial charge in [0.25, 0.3) is 0 Å². The molecular formula is C16H22N2O2. The average Bonchev–Trinajstić information content (AvgIpc) is 2.92. The third-order valence-corrected chi connectivity index (χ3v) is 4.86. The van der Waals surface area contributed by atoms with Crippen molar-refractivity contribution >= 4 is 11.1 Å². The van der Waals surface area contributed by atoms with E-state index in [4.69, 9.17) is 4.42 Å². The summed E-state index contributed by atoms with van der Waals surface area (Å²) in [7, 11) is 2.01.